The highest BCUT2D eigenvalue weighted by Crippen LogP contribution is 2.19. The Hall–Kier alpha value is -3.87. The van der Waals surface area contributed by atoms with E-state index in [-0.39, 0.29) is 5.91 Å². The molecule has 0 radical (unpaired) electrons. The summed E-state index contributed by atoms with van der Waals surface area (Å²) in [5, 5.41) is 3.01. The van der Waals surface area contributed by atoms with E-state index in [2.05, 4.69) is 14.9 Å². The number of carbonyl (C=O) groups excluding carboxylic acids is 1. The zero-order valence-electron chi connectivity index (χ0n) is 19.0. The summed E-state index contributed by atoms with van der Waals surface area (Å²) in [5.74, 6) is 2.51. The molecule has 7 nitrogen and oxygen atoms in total. The number of amides is 1. The number of carbonyl (C=O) groups is 1. The predicted molar refractivity (Wildman–Crippen MR) is 128 cm³/mol. The van der Waals surface area contributed by atoms with Crippen molar-refractivity contribution in [1.29, 1.82) is 0 Å². The molecule has 4 rings (SSSR count). The lowest BCUT2D eigenvalue weighted by Gasteiger charge is -2.10. The van der Waals surface area contributed by atoms with E-state index in [1.807, 2.05) is 60.7 Å². The number of aryl methyl sites for hydroxylation is 1. The molecule has 4 aromatic rings. The SMILES string of the molecule is COc1ccc(CCNC(=O)CCc2nc3cccnc3n2Cc2ccc(OC)cc2)cc1. The average Bonchev–Trinajstić information content (AvgIpc) is 3.21. The molecule has 1 amide bonds. The molecule has 170 valence electrons. The largest absolute Gasteiger partial charge is 0.497 e. The van der Waals surface area contributed by atoms with E-state index in [9.17, 15) is 4.79 Å². The van der Waals surface area contributed by atoms with Gasteiger partial charge in [0, 0.05) is 25.6 Å². The standard InChI is InChI=1S/C26H28N4O3/c1-32-21-9-5-19(6-10-21)15-17-27-25(31)14-13-24-29-23-4-3-16-28-26(23)30(24)18-20-7-11-22(33-2)12-8-20/h3-12,16H,13-15,17-18H2,1-2H3,(H,27,31). The van der Waals surface area contributed by atoms with Gasteiger partial charge in [0.2, 0.25) is 5.91 Å². The van der Waals surface area contributed by atoms with Crippen molar-refractivity contribution in [2.24, 2.45) is 0 Å². The number of ether oxygens (including phenoxy) is 2. The second-order valence-corrected chi connectivity index (χ2v) is 7.76. The summed E-state index contributed by atoms with van der Waals surface area (Å²) < 4.78 is 12.5. The summed E-state index contributed by atoms with van der Waals surface area (Å²) >= 11 is 0. The van der Waals surface area contributed by atoms with Crippen molar-refractivity contribution in [3.8, 4) is 11.5 Å². The van der Waals surface area contributed by atoms with Crippen LogP contribution in [0.5, 0.6) is 11.5 Å². The Morgan fingerprint density at radius 2 is 1.58 bits per heavy atom. The van der Waals surface area contributed by atoms with Crippen molar-refractivity contribution >= 4 is 17.1 Å². The summed E-state index contributed by atoms with van der Waals surface area (Å²) in [6.07, 6.45) is 3.45. The van der Waals surface area contributed by atoms with Crippen LogP contribution in [0.3, 0.4) is 0 Å². The lowest BCUT2D eigenvalue weighted by molar-refractivity contribution is -0.121. The van der Waals surface area contributed by atoms with Gasteiger partial charge in [-0.2, -0.15) is 0 Å². The summed E-state index contributed by atoms with van der Waals surface area (Å²) in [7, 11) is 3.30. The number of pyridine rings is 1. The van der Waals surface area contributed by atoms with E-state index in [4.69, 9.17) is 14.5 Å². The molecule has 0 saturated carbocycles. The minimum absolute atomic E-state index is 0.0134. The molecule has 0 aliphatic heterocycles. The Morgan fingerprint density at radius 3 is 2.24 bits per heavy atom. The first kappa shape index (κ1) is 22.3. The number of rotatable bonds is 10. The first-order valence-corrected chi connectivity index (χ1v) is 11.0. The number of aromatic nitrogens is 3. The fourth-order valence-electron chi connectivity index (χ4n) is 3.73. The highest BCUT2D eigenvalue weighted by Gasteiger charge is 2.14. The van der Waals surface area contributed by atoms with E-state index >= 15 is 0 Å². The lowest BCUT2D eigenvalue weighted by atomic mass is 10.1. The van der Waals surface area contributed by atoms with Gasteiger partial charge in [0.05, 0.1) is 20.8 Å². The van der Waals surface area contributed by atoms with Gasteiger partial charge < -0.3 is 19.4 Å². The van der Waals surface area contributed by atoms with E-state index in [1.165, 1.54) is 0 Å². The van der Waals surface area contributed by atoms with Crippen LogP contribution in [0, 0.1) is 0 Å². The topological polar surface area (TPSA) is 78.3 Å². The maximum absolute atomic E-state index is 12.5. The van der Waals surface area contributed by atoms with Crippen LogP contribution < -0.4 is 14.8 Å². The molecule has 7 heteroatoms. The number of nitrogens with one attached hydrogen (secondary N) is 1. The number of fused-ring (bicyclic) bond motifs is 1. The number of benzene rings is 2. The summed E-state index contributed by atoms with van der Waals surface area (Å²) in [6.45, 7) is 1.22. The molecule has 0 atom stereocenters. The van der Waals surface area contributed by atoms with Crippen molar-refractivity contribution in [2.75, 3.05) is 20.8 Å². The number of imidazole rings is 1. The zero-order valence-corrected chi connectivity index (χ0v) is 19.0. The van der Waals surface area contributed by atoms with Crippen LogP contribution in [0.4, 0.5) is 0 Å². The highest BCUT2D eigenvalue weighted by atomic mass is 16.5. The fourth-order valence-corrected chi connectivity index (χ4v) is 3.73. The van der Waals surface area contributed by atoms with Crippen LogP contribution in [0.2, 0.25) is 0 Å². The Kier molecular flexibility index (Phi) is 7.19. The van der Waals surface area contributed by atoms with Gasteiger partial charge in [-0.05, 0) is 53.9 Å². The molecular weight excluding hydrogens is 416 g/mol. The van der Waals surface area contributed by atoms with Crippen LogP contribution in [-0.4, -0.2) is 41.2 Å². The first-order chi connectivity index (χ1) is 16.2. The Bertz CT molecular complexity index is 1200. The normalized spacial score (nSPS) is 10.8. The zero-order chi connectivity index (χ0) is 23.0. The fraction of sp³-hybridized carbons (Fsp3) is 0.269. The van der Waals surface area contributed by atoms with Gasteiger partial charge in [0.15, 0.2) is 5.65 Å². The van der Waals surface area contributed by atoms with E-state index in [0.29, 0.717) is 25.9 Å². The summed E-state index contributed by atoms with van der Waals surface area (Å²) in [5.41, 5.74) is 3.93. The van der Waals surface area contributed by atoms with Crippen molar-refractivity contribution in [3.63, 3.8) is 0 Å². The molecule has 33 heavy (non-hydrogen) atoms. The molecule has 0 aliphatic carbocycles. The Balaban J connectivity index is 1.38. The maximum atomic E-state index is 12.5. The van der Waals surface area contributed by atoms with Crippen LogP contribution in [0.25, 0.3) is 11.2 Å². The maximum Gasteiger partial charge on any atom is 0.220 e. The molecule has 2 aromatic carbocycles. The van der Waals surface area contributed by atoms with Crippen LogP contribution in [0.1, 0.15) is 23.4 Å². The van der Waals surface area contributed by atoms with Crippen molar-refractivity contribution in [3.05, 3.63) is 83.8 Å². The van der Waals surface area contributed by atoms with Gasteiger partial charge >= 0.3 is 0 Å². The first-order valence-electron chi connectivity index (χ1n) is 11.0. The van der Waals surface area contributed by atoms with E-state index < -0.39 is 0 Å². The number of methoxy groups -OCH3 is 2. The predicted octanol–water partition coefficient (Wildman–Crippen LogP) is 3.79. The second-order valence-electron chi connectivity index (χ2n) is 7.76. The second kappa shape index (κ2) is 10.6. The lowest BCUT2D eigenvalue weighted by Crippen LogP contribution is -2.26. The smallest absolute Gasteiger partial charge is 0.220 e. The molecule has 0 saturated heterocycles. The van der Waals surface area contributed by atoms with Crippen molar-refractivity contribution < 1.29 is 14.3 Å². The quantitative estimate of drug-likeness (QED) is 0.403. The number of hydrogen-bond donors (Lipinski definition) is 1. The number of hydrogen-bond acceptors (Lipinski definition) is 5. The third-order valence-electron chi connectivity index (χ3n) is 5.55. The Labute approximate surface area is 193 Å². The average molecular weight is 445 g/mol. The molecule has 0 bridgehead atoms. The van der Waals surface area contributed by atoms with E-state index in [0.717, 1.165) is 46.0 Å². The van der Waals surface area contributed by atoms with Gasteiger partial charge in [-0.3, -0.25) is 4.79 Å². The van der Waals surface area contributed by atoms with Gasteiger partial charge in [-0.15, -0.1) is 0 Å². The molecule has 2 heterocycles. The Morgan fingerprint density at radius 1 is 0.909 bits per heavy atom. The molecular formula is C26H28N4O3. The third kappa shape index (κ3) is 5.68. The van der Waals surface area contributed by atoms with Gasteiger partial charge in [0.25, 0.3) is 0 Å². The molecule has 1 N–H and O–H groups in total. The minimum Gasteiger partial charge on any atom is -0.497 e. The molecule has 2 aromatic heterocycles. The molecule has 0 aliphatic rings. The van der Waals surface area contributed by atoms with Crippen LogP contribution in [-0.2, 0) is 24.2 Å². The minimum atomic E-state index is 0.0134. The molecule has 0 spiro atoms. The summed E-state index contributed by atoms with van der Waals surface area (Å²) in [4.78, 5) is 21.7. The molecule has 0 unspecified atom stereocenters. The number of nitrogens with zero attached hydrogens (tertiary/aromatic N) is 3. The highest BCUT2D eigenvalue weighted by molar-refractivity contribution is 5.76. The van der Waals surface area contributed by atoms with Crippen LogP contribution in [0.15, 0.2) is 66.9 Å². The molecule has 0 fully saturated rings. The van der Waals surface area contributed by atoms with Crippen LogP contribution >= 0.6 is 0 Å². The van der Waals surface area contributed by atoms with Crippen molar-refractivity contribution in [1.82, 2.24) is 19.9 Å². The van der Waals surface area contributed by atoms with Gasteiger partial charge in [-0.25, -0.2) is 9.97 Å². The third-order valence-corrected chi connectivity index (χ3v) is 5.55. The van der Waals surface area contributed by atoms with E-state index in [1.54, 1.807) is 20.4 Å². The monoisotopic (exact) mass is 444 g/mol. The van der Waals surface area contributed by atoms with Gasteiger partial charge in [0.1, 0.15) is 22.8 Å². The van der Waals surface area contributed by atoms with Crippen molar-refractivity contribution in [2.45, 2.75) is 25.8 Å². The summed E-state index contributed by atoms with van der Waals surface area (Å²) in [6, 6.07) is 19.7. The van der Waals surface area contributed by atoms with Gasteiger partial charge in [-0.1, -0.05) is 24.3 Å².